The van der Waals surface area contributed by atoms with Crippen LogP contribution in [0.1, 0.15) is 47.7 Å². The predicted octanol–water partition coefficient (Wildman–Crippen LogP) is 10.2. The van der Waals surface area contributed by atoms with Crippen molar-refractivity contribution in [3.63, 3.8) is 0 Å². The molecule has 3 heteroatoms. The highest BCUT2D eigenvalue weighted by Crippen LogP contribution is 2.50. The lowest BCUT2D eigenvalue weighted by molar-refractivity contribution is 0.661. The fraction of sp³-hybridized carbons (Fsp3) is 0.0930. The summed E-state index contributed by atoms with van der Waals surface area (Å²) < 4.78 is 2.42. The Morgan fingerprint density at radius 3 is 2.09 bits per heavy atom. The van der Waals surface area contributed by atoms with E-state index in [4.69, 9.17) is 4.99 Å². The van der Waals surface area contributed by atoms with Crippen LogP contribution in [0.15, 0.2) is 157 Å². The Morgan fingerprint density at radius 2 is 1.28 bits per heavy atom. The predicted molar refractivity (Wildman–Crippen MR) is 192 cm³/mol. The van der Waals surface area contributed by atoms with Crippen molar-refractivity contribution in [1.29, 1.82) is 0 Å². The van der Waals surface area contributed by atoms with Gasteiger partial charge in [0.1, 0.15) is 5.84 Å². The van der Waals surface area contributed by atoms with E-state index < -0.39 is 0 Å². The lowest BCUT2D eigenvalue weighted by Crippen LogP contribution is -2.27. The van der Waals surface area contributed by atoms with Crippen molar-refractivity contribution < 1.29 is 0 Å². The van der Waals surface area contributed by atoms with E-state index in [1.54, 1.807) is 0 Å². The molecule has 9 rings (SSSR count). The fourth-order valence-electron chi connectivity index (χ4n) is 7.50. The van der Waals surface area contributed by atoms with E-state index in [1.165, 1.54) is 49.6 Å². The maximum absolute atomic E-state index is 5.19. The Hall–Kier alpha value is -5.67. The Morgan fingerprint density at radius 1 is 0.587 bits per heavy atom. The second-order valence-electron chi connectivity index (χ2n) is 12.9. The summed E-state index contributed by atoms with van der Waals surface area (Å²) in [6.45, 7) is 4.70. The molecular formula is C43H33N3. The molecule has 2 heterocycles. The molecule has 1 unspecified atom stereocenters. The minimum absolute atomic E-state index is 0.0383. The molecular weight excluding hydrogens is 558 g/mol. The van der Waals surface area contributed by atoms with Crippen molar-refractivity contribution in [1.82, 2.24) is 9.88 Å². The van der Waals surface area contributed by atoms with Crippen molar-refractivity contribution in [3.8, 4) is 16.8 Å². The molecule has 1 N–H and O–H groups in total. The summed E-state index contributed by atoms with van der Waals surface area (Å²) in [5, 5.41) is 6.22. The first-order valence-corrected chi connectivity index (χ1v) is 16.0. The molecule has 220 valence electrons. The molecule has 0 fully saturated rings. The summed E-state index contributed by atoms with van der Waals surface area (Å²) in [7, 11) is 0. The second kappa shape index (κ2) is 10.2. The van der Waals surface area contributed by atoms with E-state index in [1.807, 2.05) is 0 Å². The van der Waals surface area contributed by atoms with Crippen LogP contribution in [-0.4, -0.2) is 10.4 Å². The van der Waals surface area contributed by atoms with Gasteiger partial charge in [-0.3, -0.25) is 4.99 Å². The largest absolute Gasteiger partial charge is 0.340 e. The van der Waals surface area contributed by atoms with E-state index in [0.717, 1.165) is 28.3 Å². The number of aromatic nitrogens is 1. The van der Waals surface area contributed by atoms with Crippen LogP contribution in [0.4, 0.5) is 0 Å². The first kappa shape index (κ1) is 26.7. The number of rotatable bonds is 4. The molecule has 3 nitrogen and oxygen atoms in total. The third kappa shape index (κ3) is 4.09. The van der Waals surface area contributed by atoms with Gasteiger partial charge >= 0.3 is 0 Å². The number of nitrogens with one attached hydrogen (secondary N) is 1. The minimum atomic E-state index is -0.0705. The second-order valence-corrected chi connectivity index (χ2v) is 12.9. The van der Waals surface area contributed by atoms with Crippen molar-refractivity contribution >= 4 is 33.3 Å². The van der Waals surface area contributed by atoms with Gasteiger partial charge in [-0.15, -0.1) is 0 Å². The zero-order valence-corrected chi connectivity index (χ0v) is 25.9. The van der Waals surface area contributed by atoms with E-state index in [-0.39, 0.29) is 11.5 Å². The molecule has 2 aliphatic rings. The van der Waals surface area contributed by atoms with Crippen LogP contribution < -0.4 is 5.32 Å². The molecule has 0 radical (unpaired) electrons. The smallest absolute Gasteiger partial charge is 0.133 e. The normalized spacial score (nSPS) is 16.4. The van der Waals surface area contributed by atoms with Crippen LogP contribution in [0, 0.1) is 0 Å². The van der Waals surface area contributed by atoms with Crippen molar-refractivity contribution in [2.24, 2.45) is 4.99 Å². The molecule has 0 bridgehead atoms. The molecule has 1 aliphatic carbocycles. The van der Waals surface area contributed by atoms with Gasteiger partial charge in [-0.1, -0.05) is 117 Å². The number of benzene rings is 6. The summed E-state index contributed by atoms with van der Waals surface area (Å²) in [5.74, 6) is 0.876. The summed E-state index contributed by atoms with van der Waals surface area (Å²) in [6.07, 6.45) is 2.22. The van der Waals surface area contributed by atoms with Crippen LogP contribution in [-0.2, 0) is 5.41 Å². The van der Waals surface area contributed by atoms with Gasteiger partial charge in [-0.2, -0.15) is 0 Å². The highest BCUT2D eigenvalue weighted by atomic mass is 15.0. The fourth-order valence-corrected chi connectivity index (χ4v) is 7.50. The Labute approximate surface area is 269 Å². The van der Waals surface area contributed by atoms with Gasteiger partial charge in [0.05, 0.1) is 17.1 Å². The van der Waals surface area contributed by atoms with Gasteiger partial charge in [0.15, 0.2) is 0 Å². The standard InChI is InChI=1S/C43H33N3/c1-43(2)36-19-11-9-17-32(36)34-26-41-35(25-37(34)43)33-18-10-12-20-40(33)46(41)31-23-21-30(22-24-31)42-44-38(28-13-5-3-6-14-28)27-39(45-42)29-15-7-4-8-16-29/h3-27,38H,1-2H3,(H,44,45). The highest BCUT2D eigenvalue weighted by molar-refractivity contribution is 6.11. The lowest BCUT2D eigenvalue weighted by atomic mass is 9.82. The zero-order valence-electron chi connectivity index (χ0n) is 25.9. The molecule has 0 spiro atoms. The zero-order chi connectivity index (χ0) is 30.8. The van der Waals surface area contributed by atoms with Crippen LogP contribution in [0.2, 0.25) is 0 Å². The van der Waals surface area contributed by atoms with Crippen molar-refractivity contribution in [2.75, 3.05) is 0 Å². The van der Waals surface area contributed by atoms with Gasteiger partial charge in [0, 0.05) is 33.1 Å². The van der Waals surface area contributed by atoms with Gasteiger partial charge in [-0.25, -0.2) is 0 Å². The molecule has 6 aromatic carbocycles. The van der Waals surface area contributed by atoms with E-state index in [2.05, 4.69) is 175 Å². The average molecular weight is 592 g/mol. The maximum atomic E-state index is 5.19. The van der Waals surface area contributed by atoms with E-state index >= 15 is 0 Å². The molecule has 1 aliphatic heterocycles. The summed E-state index contributed by atoms with van der Waals surface area (Å²) in [5.41, 5.74) is 13.5. The molecule has 0 amide bonds. The monoisotopic (exact) mass is 591 g/mol. The molecule has 46 heavy (non-hydrogen) atoms. The van der Waals surface area contributed by atoms with Crippen molar-refractivity contribution in [2.45, 2.75) is 25.3 Å². The molecule has 7 aromatic rings. The Balaban J connectivity index is 1.16. The number of hydrogen-bond donors (Lipinski definition) is 1. The number of aliphatic imine (C=N–C) groups is 1. The van der Waals surface area contributed by atoms with Crippen LogP contribution >= 0.6 is 0 Å². The molecule has 1 aromatic heterocycles. The number of hydrogen-bond acceptors (Lipinski definition) is 2. The lowest BCUT2D eigenvalue weighted by Gasteiger charge is -2.23. The van der Waals surface area contributed by atoms with E-state index in [0.29, 0.717) is 0 Å². The number of nitrogens with zero attached hydrogens (tertiary/aromatic N) is 2. The number of para-hydroxylation sites is 1. The third-order valence-corrected chi connectivity index (χ3v) is 9.85. The van der Waals surface area contributed by atoms with Crippen LogP contribution in [0.3, 0.4) is 0 Å². The topological polar surface area (TPSA) is 29.3 Å². The van der Waals surface area contributed by atoms with E-state index in [9.17, 15) is 0 Å². The Bertz CT molecular complexity index is 2340. The van der Waals surface area contributed by atoms with Crippen LogP contribution in [0.25, 0.3) is 44.3 Å². The number of amidine groups is 1. The first-order chi connectivity index (χ1) is 22.6. The quantitative estimate of drug-likeness (QED) is 0.217. The van der Waals surface area contributed by atoms with Crippen LogP contribution in [0.5, 0.6) is 0 Å². The SMILES string of the molecule is CC1(C)c2ccccc2-c2cc3c(cc21)c1ccccc1n3-c1ccc(C2=NC(c3ccccc3)C=C(c3ccccc3)N2)cc1. The average Bonchev–Trinajstić information content (AvgIpc) is 3.56. The molecule has 1 atom stereocenters. The van der Waals surface area contributed by atoms with Gasteiger partial charge in [0.25, 0.3) is 0 Å². The first-order valence-electron chi connectivity index (χ1n) is 16.0. The van der Waals surface area contributed by atoms with Gasteiger partial charge < -0.3 is 9.88 Å². The highest BCUT2D eigenvalue weighted by Gasteiger charge is 2.36. The number of fused-ring (bicyclic) bond motifs is 6. The summed E-state index contributed by atoms with van der Waals surface area (Å²) >= 11 is 0. The van der Waals surface area contributed by atoms with Gasteiger partial charge in [-0.05, 0) is 81.9 Å². The summed E-state index contributed by atoms with van der Waals surface area (Å²) in [4.78, 5) is 5.19. The van der Waals surface area contributed by atoms with Crippen molar-refractivity contribution in [3.05, 3.63) is 179 Å². The Kier molecular flexibility index (Phi) is 5.91. The maximum Gasteiger partial charge on any atom is 0.133 e. The third-order valence-electron chi connectivity index (χ3n) is 9.85. The molecule has 0 saturated heterocycles. The van der Waals surface area contributed by atoms with Gasteiger partial charge in [0.2, 0.25) is 0 Å². The molecule has 0 saturated carbocycles. The summed E-state index contributed by atoms with van der Waals surface area (Å²) in [6, 6.07) is 52.3. The minimum Gasteiger partial charge on any atom is -0.340 e.